The van der Waals surface area contributed by atoms with Crippen LogP contribution in [0.25, 0.3) is 0 Å². The summed E-state index contributed by atoms with van der Waals surface area (Å²) in [7, 11) is 0. The highest BCUT2D eigenvalue weighted by molar-refractivity contribution is 5.95. The fraction of sp³-hybridized carbons (Fsp3) is 0.364. The molecule has 0 radical (unpaired) electrons. The van der Waals surface area contributed by atoms with Gasteiger partial charge in [0.1, 0.15) is 0 Å². The van der Waals surface area contributed by atoms with Crippen LogP contribution in [0, 0.1) is 17.0 Å². The maximum atomic E-state index is 11.7. The molecule has 1 unspecified atom stereocenters. The molecule has 0 aliphatic heterocycles. The summed E-state index contributed by atoms with van der Waals surface area (Å²) >= 11 is 0. The van der Waals surface area contributed by atoms with Gasteiger partial charge in [0, 0.05) is 24.2 Å². The number of nitro groups is 1. The topological polar surface area (TPSA) is 113 Å². The Morgan fingerprint density at radius 1 is 1.50 bits per heavy atom. The summed E-state index contributed by atoms with van der Waals surface area (Å²) in [5.41, 5.74) is 0.576. The number of carbonyl (C=O) groups excluding carboxylic acids is 1. The van der Waals surface area contributed by atoms with Crippen LogP contribution in [0.4, 0.5) is 5.69 Å². The third-order valence-electron chi connectivity index (χ3n) is 2.24. The largest absolute Gasteiger partial charge is 0.394 e. The second kappa shape index (κ2) is 6.08. The zero-order valence-corrected chi connectivity index (χ0v) is 9.79. The molecule has 1 atom stereocenters. The number of hydrogen-bond donors (Lipinski definition) is 3. The van der Waals surface area contributed by atoms with E-state index in [0.29, 0.717) is 5.56 Å². The SMILES string of the molecule is Cc1cc(C(=O)NCC(O)CO)cc([N+](=O)[O-])c1. The van der Waals surface area contributed by atoms with E-state index in [0.717, 1.165) is 6.07 Å². The average molecular weight is 254 g/mol. The van der Waals surface area contributed by atoms with Crippen molar-refractivity contribution in [3.8, 4) is 0 Å². The number of amides is 1. The predicted octanol–water partition coefficient (Wildman–Crippen LogP) is -0.0138. The lowest BCUT2D eigenvalue weighted by Gasteiger charge is -2.09. The number of rotatable bonds is 5. The standard InChI is InChI=1S/C11H14N2O5/c1-7-2-8(4-9(3-7)13(17)18)11(16)12-5-10(15)6-14/h2-4,10,14-15H,5-6H2,1H3,(H,12,16). The molecule has 1 rings (SSSR count). The number of aryl methyl sites for hydroxylation is 1. The molecular weight excluding hydrogens is 240 g/mol. The van der Waals surface area contributed by atoms with E-state index in [9.17, 15) is 14.9 Å². The zero-order valence-electron chi connectivity index (χ0n) is 9.79. The molecule has 7 heteroatoms. The number of aliphatic hydroxyl groups excluding tert-OH is 2. The minimum Gasteiger partial charge on any atom is -0.394 e. The number of nitrogens with zero attached hydrogens (tertiary/aromatic N) is 1. The van der Waals surface area contributed by atoms with E-state index in [1.54, 1.807) is 6.92 Å². The van der Waals surface area contributed by atoms with Crippen molar-refractivity contribution in [1.29, 1.82) is 0 Å². The number of hydrogen-bond acceptors (Lipinski definition) is 5. The van der Waals surface area contributed by atoms with Gasteiger partial charge in [0.2, 0.25) is 0 Å². The Labute approximate surface area is 103 Å². The van der Waals surface area contributed by atoms with Crippen LogP contribution in [0.2, 0.25) is 0 Å². The van der Waals surface area contributed by atoms with Gasteiger partial charge in [-0.25, -0.2) is 0 Å². The Balaban J connectivity index is 2.82. The van der Waals surface area contributed by atoms with Gasteiger partial charge < -0.3 is 15.5 Å². The Bertz CT molecular complexity index is 461. The van der Waals surface area contributed by atoms with Crippen molar-refractivity contribution in [3.63, 3.8) is 0 Å². The predicted molar refractivity (Wildman–Crippen MR) is 63.3 cm³/mol. The molecule has 0 saturated carbocycles. The second-order valence-corrected chi connectivity index (χ2v) is 3.86. The van der Waals surface area contributed by atoms with Crippen molar-refractivity contribution in [1.82, 2.24) is 5.32 Å². The van der Waals surface area contributed by atoms with E-state index < -0.39 is 23.5 Å². The monoisotopic (exact) mass is 254 g/mol. The molecule has 7 nitrogen and oxygen atoms in total. The van der Waals surface area contributed by atoms with E-state index in [1.165, 1.54) is 12.1 Å². The summed E-state index contributed by atoms with van der Waals surface area (Å²) in [6, 6.07) is 4.03. The fourth-order valence-electron chi connectivity index (χ4n) is 1.38. The quantitative estimate of drug-likeness (QED) is 0.505. The number of benzene rings is 1. The molecule has 18 heavy (non-hydrogen) atoms. The van der Waals surface area contributed by atoms with Crippen LogP contribution in [-0.4, -0.2) is 40.3 Å². The lowest BCUT2D eigenvalue weighted by atomic mass is 10.1. The highest BCUT2D eigenvalue weighted by Gasteiger charge is 2.13. The number of nitro benzene ring substituents is 1. The molecule has 1 aromatic carbocycles. The van der Waals surface area contributed by atoms with Crippen LogP contribution in [0.1, 0.15) is 15.9 Å². The van der Waals surface area contributed by atoms with Gasteiger partial charge in [-0.1, -0.05) is 0 Å². The molecule has 0 aliphatic carbocycles. The highest BCUT2D eigenvalue weighted by atomic mass is 16.6. The number of nitrogens with one attached hydrogen (secondary N) is 1. The Hall–Kier alpha value is -1.99. The second-order valence-electron chi connectivity index (χ2n) is 3.86. The molecule has 0 bridgehead atoms. The molecule has 1 aromatic rings. The van der Waals surface area contributed by atoms with Crippen molar-refractivity contribution in [3.05, 3.63) is 39.4 Å². The molecular formula is C11H14N2O5. The van der Waals surface area contributed by atoms with Gasteiger partial charge in [-0.15, -0.1) is 0 Å². The Kier molecular flexibility index (Phi) is 4.75. The van der Waals surface area contributed by atoms with Gasteiger partial charge in [-0.05, 0) is 18.6 Å². The first-order chi connectivity index (χ1) is 8.43. The molecule has 3 N–H and O–H groups in total. The maximum Gasteiger partial charge on any atom is 0.270 e. The zero-order chi connectivity index (χ0) is 13.7. The number of non-ortho nitro benzene ring substituents is 1. The first-order valence-electron chi connectivity index (χ1n) is 5.27. The van der Waals surface area contributed by atoms with Crippen molar-refractivity contribution in [2.75, 3.05) is 13.2 Å². The van der Waals surface area contributed by atoms with E-state index >= 15 is 0 Å². The minimum atomic E-state index is -1.05. The van der Waals surface area contributed by atoms with Crippen LogP contribution >= 0.6 is 0 Å². The van der Waals surface area contributed by atoms with Crippen molar-refractivity contribution < 1.29 is 19.9 Å². The third-order valence-corrected chi connectivity index (χ3v) is 2.24. The van der Waals surface area contributed by atoms with Crippen LogP contribution < -0.4 is 5.32 Å². The number of carbonyl (C=O) groups is 1. The van der Waals surface area contributed by atoms with Crippen LogP contribution in [0.3, 0.4) is 0 Å². The molecule has 0 saturated heterocycles. The summed E-state index contributed by atoms with van der Waals surface area (Å²) in [5, 5.41) is 30.7. The highest BCUT2D eigenvalue weighted by Crippen LogP contribution is 2.16. The normalized spacial score (nSPS) is 11.9. The molecule has 0 aliphatic rings. The minimum absolute atomic E-state index is 0.114. The van der Waals surface area contributed by atoms with Crippen molar-refractivity contribution in [2.45, 2.75) is 13.0 Å². The van der Waals surface area contributed by atoms with E-state index in [-0.39, 0.29) is 17.8 Å². The molecule has 1 amide bonds. The molecule has 0 fully saturated rings. The average Bonchev–Trinajstić information content (AvgIpc) is 2.34. The molecule has 98 valence electrons. The Morgan fingerprint density at radius 3 is 2.72 bits per heavy atom. The fourth-order valence-corrected chi connectivity index (χ4v) is 1.38. The Morgan fingerprint density at radius 2 is 2.17 bits per heavy atom. The van der Waals surface area contributed by atoms with Gasteiger partial charge in [0.15, 0.2) is 0 Å². The third kappa shape index (κ3) is 3.79. The summed E-state index contributed by atoms with van der Waals surface area (Å²) in [5.74, 6) is -0.533. The van der Waals surface area contributed by atoms with E-state index in [2.05, 4.69) is 5.32 Å². The maximum absolute atomic E-state index is 11.7. The molecule has 0 heterocycles. The van der Waals surface area contributed by atoms with Gasteiger partial charge in [0.25, 0.3) is 11.6 Å². The van der Waals surface area contributed by atoms with Crippen LogP contribution in [0.5, 0.6) is 0 Å². The smallest absolute Gasteiger partial charge is 0.270 e. The van der Waals surface area contributed by atoms with E-state index in [4.69, 9.17) is 10.2 Å². The summed E-state index contributed by atoms with van der Waals surface area (Å²) in [6.07, 6.45) is -1.05. The summed E-state index contributed by atoms with van der Waals surface area (Å²) in [6.45, 7) is 1.07. The van der Waals surface area contributed by atoms with Crippen LogP contribution in [-0.2, 0) is 0 Å². The molecule has 0 aromatic heterocycles. The van der Waals surface area contributed by atoms with Crippen molar-refractivity contribution >= 4 is 11.6 Å². The lowest BCUT2D eigenvalue weighted by Crippen LogP contribution is -2.33. The number of aliphatic hydroxyl groups is 2. The first-order valence-corrected chi connectivity index (χ1v) is 5.27. The van der Waals surface area contributed by atoms with Gasteiger partial charge in [-0.2, -0.15) is 0 Å². The van der Waals surface area contributed by atoms with Gasteiger partial charge in [0.05, 0.1) is 17.6 Å². The van der Waals surface area contributed by atoms with E-state index in [1.807, 2.05) is 0 Å². The summed E-state index contributed by atoms with van der Waals surface area (Å²) in [4.78, 5) is 21.7. The van der Waals surface area contributed by atoms with Gasteiger partial charge >= 0.3 is 0 Å². The lowest BCUT2D eigenvalue weighted by molar-refractivity contribution is -0.384. The molecule has 0 spiro atoms. The van der Waals surface area contributed by atoms with Crippen LogP contribution in [0.15, 0.2) is 18.2 Å². The van der Waals surface area contributed by atoms with Gasteiger partial charge in [-0.3, -0.25) is 14.9 Å². The van der Waals surface area contributed by atoms with Crippen molar-refractivity contribution in [2.24, 2.45) is 0 Å². The summed E-state index contributed by atoms with van der Waals surface area (Å²) < 4.78 is 0. The first kappa shape index (κ1) is 14.1.